The average molecular weight is 320 g/mol. The summed E-state index contributed by atoms with van der Waals surface area (Å²) in [6.07, 6.45) is 0. The minimum atomic E-state index is -0.960. The predicted molar refractivity (Wildman–Crippen MR) is 82.8 cm³/mol. The van der Waals surface area contributed by atoms with Gasteiger partial charge in [0.05, 0.1) is 0 Å². The molecule has 7 nitrogen and oxygen atoms in total. The van der Waals surface area contributed by atoms with Crippen molar-refractivity contribution in [2.45, 2.75) is 0 Å². The quantitative estimate of drug-likeness (QED) is 0.789. The second-order valence-corrected chi connectivity index (χ2v) is 4.85. The molecule has 0 aromatic heterocycles. The van der Waals surface area contributed by atoms with Gasteiger partial charge < -0.3 is 4.90 Å². The number of nitrogens with zero attached hydrogens (tertiary/aromatic N) is 3. The van der Waals surface area contributed by atoms with Gasteiger partial charge in [0.1, 0.15) is 13.1 Å². The molecule has 2 aromatic carbocycles. The van der Waals surface area contributed by atoms with Gasteiger partial charge in [0.25, 0.3) is 0 Å². The van der Waals surface area contributed by atoms with Crippen molar-refractivity contribution < 1.29 is 9.59 Å². The number of amides is 2. The summed E-state index contributed by atoms with van der Waals surface area (Å²) in [4.78, 5) is 44.5. The second kappa shape index (κ2) is 6.86. The lowest BCUT2D eigenvalue weighted by molar-refractivity contribution is -0.117. The van der Waals surface area contributed by atoms with Crippen molar-refractivity contribution in [3.05, 3.63) is 51.2 Å². The molecular formula is C14H10ClN3O4. The van der Waals surface area contributed by atoms with Crippen molar-refractivity contribution in [3.8, 4) is 0 Å². The summed E-state index contributed by atoms with van der Waals surface area (Å²) < 4.78 is 0. The van der Waals surface area contributed by atoms with Gasteiger partial charge in [-0.2, -0.15) is 0 Å². The van der Waals surface area contributed by atoms with E-state index >= 15 is 0 Å². The molecule has 0 saturated carbocycles. The van der Waals surface area contributed by atoms with Crippen molar-refractivity contribution in [1.82, 2.24) is 0 Å². The lowest BCUT2D eigenvalue weighted by atomic mass is 10.1. The van der Waals surface area contributed by atoms with Crippen LogP contribution in [0.1, 0.15) is 0 Å². The minimum Gasteiger partial charge on any atom is -0.352 e. The average Bonchev–Trinajstić information content (AvgIpc) is 2.54. The molecule has 22 heavy (non-hydrogen) atoms. The van der Waals surface area contributed by atoms with E-state index in [1.807, 2.05) is 0 Å². The number of fused-ring (bicyclic) bond motifs is 1. The molecule has 112 valence electrons. The largest absolute Gasteiger partial charge is 0.352 e. The summed E-state index contributed by atoms with van der Waals surface area (Å²) in [5, 5.41) is 6.50. The molecule has 0 radical (unpaired) electrons. The van der Waals surface area contributed by atoms with E-state index in [2.05, 4.69) is 10.4 Å². The van der Waals surface area contributed by atoms with Gasteiger partial charge in [0, 0.05) is 31.8 Å². The normalized spacial score (nSPS) is 10.2. The molecule has 2 rings (SSSR count). The molecule has 0 aliphatic heterocycles. The van der Waals surface area contributed by atoms with Crippen LogP contribution < -0.4 is 4.90 Å². The monoisotopic (exact) mass is 319 g/mol. The fraction of sp³-hybridized carbons (Fsp3) is 0.143. The number of hydrogen-bond acceptors (Lipinski definition) is 5. The van der Waals surface area contributed by atoms with Crippen LogP contribution in [-0.4, -0.2) is 24.9 Å². The maximum Gasteiger partial charge on any atom is 0.305 e. The van der Waals surface area contributed by atoms with Gasteiger partial charge in [-0.3, -0.25) is 9.59 Å². The summed E-state index contributed by atoms with van der Waals surface area (Å²) in [6.45, 7) is -0.868. The second-order valence-electron chi connectivity index (χ2n) is 4.44. The lowest BCUT2D eigenvalue weighted by Crippen LogP contribution is -2.33. The maximum atomic E-state index is 11.3. The standard InChI is InChI=1S/C14H10ClN3O4/c15-11-5-6-12(10-4-2-1-3-9(10)11)18(7-13(19)16-21)8-14(20)17-22/h1-6H,7-8H2. The first-order valence-electron chi connectivity index (χ1n) is 6.21. The van der Waals surface area contributed by atoms with Gasteiger partial charge in [-0.1, -0.05) is 35.9 Å². The number of benzene rings is 2. The van der Waals surface area contributed by atoms with E-state index in [0.29, 0.717) is 21.5 Å². The van der Waals surface area contributed by atoms with Gasteiger partial charge in [0.15, 0.2) is 0 Å². The maximum absolute atomic E-state index is 11.3. The van der Waals surface area contributed by atoms with Crippen LogP contribution in [0.3, 0.4) is 0 Å². The number of anilines is 1. The number of halogens is 1. The molecule has 2 amide bonds. The van der Waals surface area contributed by atoms with E-state index in [1.165, 1.54) is 4.90 Å². The van der Waals surface area contributed by atoms with E-state index in [0.717, 1.165) is 0 Å². The molecule has 0 bridgehead atoms. The van der Waals surface area contributed by atoms with Crippen LogP contribution in [0.15, 0.2) is 46.8 Å². The van der Waals surface area contributed by atoms with Gasteiger partial charge in [0.2, 0.25) is 0 Å². The van der Waals surface area contributed by atoms with Gasteiger partial charge in [-0.05, 0) is 12.1 Å². The van der Waals surface area contributed by atoms with Crippen LogP contribution in [0, 0.1) is 9.81 Å². The Morgan fingerprint density at radius 2 is 1.45 bits per heavy atom. The number of carbonyl (C=O) groups excluding carboxylic acids is 2. The van der Waals surface area contributed by atoms with E-state index in [-0.39, 0.29) is 0 Å². The number of hydrogen-bond donors (Lipinski definition) is 0. The highest BCUT2D eigenvalue weighted by Crippen LogP contribution is 2.32. The molecule has 0 N–H and O–H groups in total. The topological polar surface area (TPSA) is 96.2 Å². The molecule has 0 atom stereocenters. The molecular weight excluding hydrogens is 310 g/mol. The molecule has 0 unspecified atom stereocenters. The van der Waals surface area contributed by atoms with Crippen molar-refractivity contribution in [2.75, 3.05) is 18.0 Å². The Balaban J connectivity index is 2.53. The summed E-state index contributed by atoms with van der Waals surface area (Å²) in [5.41, 5.74) is 0.481. The van der Waals surface area contributed by atoms with Crippen molar-refractivity contribution >= 4 is 39.9 Å². The fourth-order valence-electron chi connectivity index (χ4n) is 2.13. The Labute approximate surface area is 129 Å². The zero-order valence-corrected chi connectivity index (χ0v) is 12.0. The fourth-order valence-corrected chi connectivity index (χ4v) is 2.36. The Hall–Kier alpha value is -2.67. The molecule has 2 aromatic rings. The van der Waals surface area contributed by atoms with Crippen molar-refractivity contribution in [1.29, 1.82) is 0 Å². The van der Waals surface area contributed by atoms with Crippen LogP contribution in [-0.2, 0) is 9.59 Å². The van der Waals surface area contributed by atoms with Crippen LogP contribution in [0.5, 0.6) is 0 Å². The molecule has 0 saturated heterocycles. The highest BCUT2D eigenvalue weighted by Gasteiger charge is 2.18. The van der Waals surface area contributed by atoms with Crippen LogP contribution in [0.25, 0.3) is 10.8 Å². The number of carbonyl (C=O) groups is 2. The first-order valence-corrected chi connectivity index (χ1v) is 6.59. The minimum absolute atomic E-state index is 0.434. The molecule has 8 heteroatoms. The molecule has 0 spiro atoms. The Bertz CT molecular complexity index is 741. The van der Waals surface area contributed by atoms with Crippen LogP contribution in [0.2, 0.25) is 5.02 Å². The highest BCUT2D eigenvalue weighted by molar-refractivity contribution is 6.36. The van der Waals surface area contributed by atoms with E-state index in [4.69, 9.17) is 11.6 Å². The van der Waals surface area contributed by atoms with Gasteiger partial charge in [-0.25, -0.2) is 0 Å². The summed E-state index contributed by atoms with van der Waals surface area (Å²) >= 11 is 6.11. The van der Waals surface area contributed by atoms with E-state index < -0.39 is 24.9 Å². The molecule has 0 aliphatic carbocycles. The number of rotatable bonds is 5. The van der Waals surface area contributed by atoms with E-state index in [9.17, 15) is 19.4 Å². The number of nitroso groups, excluding NO2 is 2. The van der Waals surface area contributed by atoms with Crippen LogP contribution >= 0.6 is 11.6 Å². The molecule has 0 fully saturated rings. The third-order valence-corrected chi connectivity index (χ3v) is 3.37. The molecule has 0 aliphatic rings. The first-order chi connectivity index (χ1) is 10.6. The van der Waals surface area contributed by atoms with Crippen LogP contribution in [0.4, 0.5) is 5.69 Å². The SMILES string of the molecule is O=NC(=O)CN(CC(=O)N=O)c1ccc(Cl)c2ccccc12. The summed E-state index contributed by atoms with van der Waals surface area (Å²) in [7, 11) is 0. The Kier molecular flexibility index (Phi) is 4.90. The summed E-state index contributed by atoms with van der Waals surface area (Å²) in [5.74, 6) is -1.92. The first kappa shape index (κ1) is 15.7. The van der Waals surface area contributed by atoms with Crippen molar-refractivity contribution in [3.63, 3.8) is 0 Å². The van der Waals surface area contributed by atoms with E-state index in [1.54, 1.807) is 36.4 Å². The third-order valence-electron chi connectivity index (χ3n) is 3.04. The zero-order valence-electron chi connectivity index (χ0n) is 11.2. The Morgan fingerprint density at radius 3 is 2.00 bits per heavy atom. The molecule has 0 heterocycles. The Morgan fingerprint density at radius 1 is 0.909 bits per heavy atom. The van der Waals surface area contributed by atoms with Gasteiger partial charge >= 0.3 is 11.8 Å². The van der Waals surface area contributed by atoms with Crippen molar-refractivity contribution in [2.24, 2.45) is 10.4 Å². The highest BCUT2D eigenvalue weighted by atomic mass is 35.5. The summed E-state index contributed by atoms with van der Waals surface area (Å²) in [6, 6.07) is 10.3. The van der Waals surface area contributed by atoms with Gasteiger partial charge in [-0.15, -0.1) is 9.81 Å². The predicted octanol–water partition coefficient (Wildman–Crippen LogP) is 2.89. The third kappa shape index (κ3) is 3.32. The zero-order chi connectivity index (χ0) is 16.1. The lowest BCUT2D eigenvalue weighted by Gasteiger charge is -2.22. The smallest absolute Gasteiger partial charge is 0.305 e.